The fourth-order valence-corrected chi connectivity index (χ4v) is 15.3. The van der Waals surface area contributed by atoms with E-state index in [0.29, 0.717) is 103 Å². The Hall–Kier alpha value is -15.1. The summed E-state index contributed by atoms with van der Waals surface area (Å²) in [5.74, 6) is -2.55. The van der Waals surface area contributed by atoms with E-state index in [0.717, 1.165) is 82.1 Å². The highest BCUT2D eigenvalue weighted by Gasteiger charge is 2.27. The number of fused-ring (bicyclic) bond motifs is 15. The number of para-hydroxylation sites is 6. The molecular weight excluding hydrogens is 1400 g/mol. The van der Waals surface area contributed by atoms with Gasteiger partial charge in [-0.3, -0.25) is 14.4 Å². The van der Waals surface area contributed by atoms with Crippen LogP contribution in [0.15, 0.2) is 304 Å². The molecule has 18 rings (SSSR count). The number of rotatable bonds is 18. The third-order valence-electron chi connectivity index (χ3n) is 21.0. The predicted molar refractivity (Wildman–Crippen MR) is 450 cm³/mol. The third-order valence-corrected chi connectivity index (χ3v) is 21.0. The third kappa shape index (κ3) is 12.3. The fraction of sp³-hybridized carbons (Fsp3) is 0.0645. The number of nitrogens with zero attached hydrogens (tertiary/aromatic N) is 7. The molecule has 0 aliphatic carbocycles. The van der Waals surface area contributed by atoms with E-state index >= 15 is 0 Å². The standard InChI is InChI=1S/C93H69N13O6/c1-4-52-19-7-13-25-73(52)97-91(110)70-49-55-31-46-67-64-22-10-16-28-76(64)94-82(67)79(55)85(88(70)107)103-100-58-34-40-61(41-35-58)106(62-42-36-59(37-43-62)101-104-86-80-56(32-47-68-65-23-11-17-29-77(65)95-83(68)80)50-71(89(86)108)92(111)98-74-26-14-8-20-53(74)5-2)63-44-38-60(39-45-63)102-105-87-81-57(33-48-69-66-24-12-18-30-78(66)96-84(69)81)51-72(90(87)109)93(112)99-75-27-15-9-21-54(75)6-3/h7-51,94-96,107-109H,4-6H2,1-3H3,(H,97,110)(H,98,111)(H,99,112). The summed E-state index contributed by atoms with van der Waals surface area (Å²) in [6.07, 6.45) is 2.05. The monoisotopic (exact) mass is 1460 g/mol. The number of benzene rings is 15. The summed E-state index contributed by atoms with van der Waals surface area (Å²) in [7, 11) is 0. The van der Waals surface area contributed by atoms with E-state index in [4.69, 9.17) is 30.7 Å². The number of hydrogen-bond acceptors (Lipinski definition) is 13. The van der Waals surface area contributed by atoms with Crippen LogP contribution in [-0.2, 0) is 19.3 Å². The molecule has 0 saturated carbocycles. The molecule has 18 aromatic rings. The second-order valence-electron chi connectivity index (χ2n) is 27.5. The molecule has 0 bridgehead atoms. The van der Waals surface area contributed by atoms with Crippen molar-refractivity contribution in [3.63, 3.8) is 0 Å². The Kier molecular flexibility index (Phi) is 17.5. The van der Waals surface area contributed by atoms with Gasteiger partial charge < -0.3 is 51.1 Å². The van der Waals surface area contributed by atoms with E-state index in [2.05, 4.69) is 30.9 Å². The summed E-state index contributed by atoms with van der Waals surface area (Å²) in [4.78, 5) is 55.7. The van der Waals surface area contributed by atoms with Crippen LogP contribution in [0.2, 0.25) is 0 Å². The van der Waals surface area contributed by atoms with Crippen LogP contribution in [0.4, 0.5) is 68.2 Å². The maximum Gasteiger partial charge on any atom is 0.259 e. The Balaban J connectivity index is 0.731. The molecule has 0 aliphatic heterocycles. The molecule has 3 amide bonds. The van der Waals surface area contributed by atoms with Crippen molar-refractivity contribution in [1.82, 2.24) is 15.0 Å². The van der Waals surface area contributed by atoms with Crippen molar-refractivity contribution in [2.24, 2.45) is 30.7 Å². The fourth-order valence-electron chi connectivity index (χ4n) is 15.3. The summed E-state index contributed by atoms with van der Waals surface area (Å²) in [5, 5.41) is 84.4. The van der Waals surface area contributed by atoms with Gasteiger partial charge >= 0.3 is 0 Å². The summed E-state index contributed by atoms with van der Waals surface area (Å²) in [5.41, 5.74) is 13.3. The second kappa shape index (κ2) is 28.6. The number of aryl methyl sites for hydroxylation is 3. The zero-order valence-electron chi connectivity index (χ0n) is 60.8. The van der Waals surface area contributed by atoms with Crippen LogP contribution in [0.3, 0.4) is 0 Å². The van der Waals surface area contributed by atoms with Gasteiger partial charge in [-0.1, -0.05) is 166 Å². The molecule has 542 valence electrons. The zero-order chi connectivity index (χ0) is 76.3. The predicted octanol–water partition coefficient (Wildman–Crippen LogP) is 25.3. The lowest BCUT2D eigenvalue weighted by Crippen LogP contribution is -2.13. The van der Waals surface area contributed by atoms with Crippen LogP contribution in [0, 0.1) is 0 Å². The molecule has 0 radical (unpaired) electrons. The zero-order valence-corrected chi connectivity index (χ0v) is 60.8. The Morgan fingerprint density at radius 2 is 0.580 bits per heavy atom. The molecule has 0 aliphatic rings. The molecule has 0 atom stereocenters. The van der Waals surface area contributed by atoms with E-state index in [-0.39, 0.29) is 51.0 Å². The molecule has 0 fully saturated rings. The first kappa shape index (κ1) is 68.7. The van der Waals surface area contributed by atoms with E-state index in [1.165, 1.54) is 0 Å². The van der Waals surface area contributed by atoms with Crippen LogP contribution in [0.1, 0.15) is 68.5 Å². The highest BCUT2D eigenvalue weighted by molar-refractivity contribution is 6.26. The molecule has 9 N–H and O–H groups in total. The molecule has 0 saturated heterocycles. The number of phenolic OH excluding ortho intramolecular Hbond substituents is 3. The van der Waals surface area contributed by atoms with Gasteiger partial charge in [0.25, 0.3) is 17.7 Å². The number of aromatic nitrogens is 3. The maximum absolute atomic E-state index is 14.3. The maximum atomic E-state index is 14.3. The van der Waals surface area contributed by atoms with Crippen molar-refractivity contribution in [2.45, 2.75) is 40.0 Å². The van der Waals surface area contributed by atoms with Gasteiger partial charge in [0.2, 0.25) is 0 Å². The number of aromatic amines is 3. The average molecular weight is 1460 g/mol. The van der Waals surface area contributed by atoms with Gasteiger partial charge in [-0.05, 0) is 180 Å². The van der Waals surface area contributed by atoms with Crippen molar-refractivity contribution in [1.29, 1.82) is 0 Å². The lowest BCUT2D eigenvalue weighted by molar-refractivity contribution is 0.101. The number of H-pyrrole nitrogens is 3. The van der Waals surface area contributed by atoms with Crippen molar-refractivity contribution in [3.05, 3.63) is 306 Å². The molecule has 3 aromatic heterocycles. The average Bonchev–Trinajstić information content (AvgIpc) is 1.46. The Bertz CT molecular complexity index is 6320. The molecule has 19 heteroatoms. The van der Waals surface area contributed by atoms with E-state index in [1.807, 2.05) is 280 Å². The van der Waals surface area contributed by atoms with Crippen molar-refractivity contribution >= 4 is 184 Å². The number of amides is 3. The summed E-state index contributed by atoms with van der Waals surface area (Å²) in [6, 6.07) is 85.6. The first-order chi connectivity index (χ1) is 54.9. The van der Waals surface area contributed by atoms with Crippen LogP contribution < -0.4 is 20.9 Å². The number of carbonyl (C=O) groups excluding carboxylic acids is 3. The molecule has 0 spiro atoms. The minimum Gasteiger partial charge on any atom is -0.505 e. The Morgan fingerprint density at radius 1 is 0.312 bits per heavy atom. The van der Waals surface area contributed by atoms with Crippen molar-refractivity contribution < 1.29 is 29.7 Å². The topological polar surface area (TPSA) is 273 Å². The van der Waals surface area contributed by atoms with Crippen LogP contribution in [0.5, 0.6) is 17.2 Å². The Labute approximate surface area is 640 Å². The number of anilines is 6. The molecular formula is C93H69N13O6. The molecule has 0 unspecified atom stereocenters. The van der Waals surface area contributed by atoms with Crippen LogP contribution in [-0.4, -0.2) is 48.0 Å². The van der Waals surface area contributed by atoms with Gasteiger partial charge in [0.05, 0.1) is 50.3 Å². The highest BCUT2D eigenvalue weighted by atomic mass is 16.3. The number of nitrogens with one attached hydrogen (secondary N) is 6. The quantitative estimate of drug-likeness (QED) is 0.0374. The van der Waals surface area contributed by atoms with Crippen molar-refractivity contribution in [3.8, 4) is 17.2 Å². The second-order valence-corrected chi connectivity index (χ2v) is 27.5. The smallest absolute Gasteiger partial charge is 0.259 e. The van der Waals surface area contributed by atoms with Gasteiger partial charge in [0.15, 0.2) is 17.2 Å². The first-order valence-electron chi connectivity index (χ1n) is 37.0. The number of hydrogen-bond donors (Lipinski definition) is 9. The lowest BCUT2D eigenvalue weighted by atomic mass is 10.00. The normalized spacial score (nSPS) is 11.9. The number of carbonyl (C=O) groups is 3. The van der Waals surface area contributed by atoms with Gasteiger partial charge in [-0.25, -0.2) is 0 Å². The minimum atomic E-state index is -0.508. The van der Waals surface area contributed by atoms with Crippen LogP contribution >= 0.6 is 0 Å². The molecule has 15 aromatic carbocycles. The van der Waals surface area contributed by atoms with Gasteiger partial charge in [0, 0.05) is 99.2 Å². The summed E-state index contributed by atoms with van der Waals surface area (Å²) in [6.45, 7) is 6.04. The molecule has 112 heavy (non-hydrogen) atoms. The largest absolute Gasteiger partial charge is 0.505 e. The number of phenols is 3. The Morgan fingerprint density at radius 3 is 0.866 bits per heavy atom. The van der Waals surface area contributed by atoms with Crippen LogP contribution in [0.25, 0.3) is 97.7 Å². The van der Waals surface area contributed by atoms with Gasteiger partial charge in [-0.15, -0.1) is 15.3 Å². The summed E-state index contributed by atoms with van der Waals surface area (Å²) < 4.78 is 0. The molecule has 19 nitrogen and oxygen atoms in total. The van der Waals surface area contributed by atoms with E-state index in [1.54, 1.807) is 18.2 Å². The van der Waals surface area contributed by atoms with Gasteiger partial charge in [0.1, 0.15) is 17.1 Å². The minimum absolute atomic E-state index is 0.0250. The summed E-state index contributed by atoms with van der Waals surface area (Å²) >= 11 is 0. The van der Waals surface area contributed by atoms with Gasteiger partial charge in [-0.2, -0.15) is 15.3 Å². The number of aromatic hydroxyl groups is 3. The SMILES string of the molecule is CCc1ccccc1NC(=O)c1cc2ccc3c4ccccc4[nH]c3c2c(N=Nc2ccc(N(c3ccc(N=Nc4c(O)c(C(=O)Nc5ccccc5CC)cc5ccc6c7ccccc7[nH]c6c45)cc3)c3ccc(N=Nc4c(O)c(C(=O)Nc5ccccc5CC)cc5ccc6c7ccccc7[nH]c6c45)cc3)cc2)c1O. The highest BCUT2D eigenvalue weighted by Crippen LogP contribution is 2.49. The van der Waals surface area contributed by atoms with E-state index in [9.17, 15) is 29.7 Å². The first-order valence-corrected chi connectivity index (χ1v) is 37.0. The number of azo groups is 3. The van der Waals surface area contributed by atoms with Crippen molar-refractivity contribution in [2.75, 3.05) is 20.9 Å². The van der Waals surface area contributed by atoms with E-state index < -0.39 is 17.7 Å². The molecule has 3 heterocycles. The lowest BCUT2D eigenvalue weighted by Gasteiger charge is -2.25.